The lowest BCUT2D eigenvalue weighted by Gasteiger charge is -2.32. The van der Waals surface area contributed by atoms with Gasteiger partial charge in [-0.15, -0.1) is 0 Å². The van der Waals surface area contributed by atoms with Gasteiger partial charge in [0.25, 0.3) is 0 Å². The Hall–Kier alpha value is -3.65. The number of H-pyrrole nitrogens is 1. The molecule has 1 N–H and O–H groups in total. The molecule has 0 amide bonds. The lowest BCUT2D eigenvalue weighted by molar-refractivity contribution is 0.148. The molecule has 0 spiro atoms. The molecule has 0 atom stereocenters. The summed E-state index contributed by atoms with van der Waals surface area (Å²) in [7, 11) is 2.12. The van der Waals surface area contributed by atoms with E-state index >= 15 is 0 Å². The van der Waals surface area contributed by atoms with Gasteiger partial charge in [-0.25, -0.2) is 9.97 Å². The molecule has 4 heterocycles. The van der Waals surface area contributed by atoms with Crippen molar-refractivity contribution >= 4 is 33.7 Å². The van der Waals surface area contributed by atoms with Crippen LogP contribution in [0.25, 0.3) is 44.6 Å². The first-order valence-electron chi connectivity index (χ1n) is 12.0. The number of halogens is 1. The quantitative estimate of drug-likeness (QED) is 0.392. The Bertz CT molecular complexity index is 1630. The molecule has 180 valence electrons. The third kappa shape index (κ3) is 4.26. The number of pyridine rings is 2. The molecule has 36 heavy (non-hydrogen) atoms. The van der Waals surface area contributed by atoms with Gasteiger partial charge in [0, 0.05) is 67.2 Å². The molecular weight excluding hydrogens is 472 g/mol. The minimum atomic E-state index is -0.0930. The summed E-state index contributed by atoms with van der Waals surface area (Å²) in [5.41, 5.74) is 5.13. The Labute approximate surface area is 213 Å². The van der Waals surface area contributed by atoms with Crippen LogP contribution in [-0.4, -0.2) is 63.0 Å². The highest BCUT2D eigenvalue weighted by Gasteiger charge is 2.20. The number of aromatic amines is 1. The maximum Gasteiger partial charge on any atom is 0.213 e. The van der Waals surface area contributed by atoms with Crippen molar-refractivity contribution in [2.45, 2.75) is 6.54 Å². The first-order chi connectivity index (χ1) is 17.6. The van der Waals surface area contributed by atoms with E-state index in [1.807, 2.05) is 54.6 Å². The van der Waals surface area contributed by atoms with Gasteiger partial charge in [0.05, 0.1) is 21.9 Å². The Morgan fingerprint density at radius 2 is 1.69 bits per heavy atom. The van der Waals surface area contributed by atoms with E-state index in [0.717, 1.165) is 48.2 Å². The van der Waals surface area contributed by atoms with E-state index in [0.29, 0.717) is 39.7 Å². The molecule has 0 aliphatic carbocycles. The maximum absolute atomic E-state index is 13.6. The standard InChI is InChI=1S/C28H25ClN6O/c1-34-10-12-35(13-11-34)17-21-16-31-28-26(27(21)36)32-25(24(33-28)18-6-3-2-4-7-18)20-14-19-8-5-9-30-23(19)22(29)15-20/h2-9,14-16H,10-13,17H2,1H3,(H,31,33,36). The molecule has 5 aromatic rings. The number of nitrogens with zero attached hydrogens (tertiary/aromatic N) is 5. The van der Waals surface area contributed by atoms with E-state index in [2.05, 4.69) is 26.8 Å². The van der Waals surface area contributed by atoms with Gasteiger partial charge in [0.2, 0.25) is 5.43 Å². The molecule has 0 bridgehead atoms. The van der Waals surface area contributed by atoms with Crippen LogP contribution in [0.4, 0.5) is 0 Å². The molecule has 1 saturated heterocycles. The fourth-order valence-corrected chi connectivity index (χ4v) is 4.99. The van der Waals surface area contributed by atoms with E-state index in [4.69, 9.17) is 21.6 Å². The van der Waals surface area contributed by atoms with Crippen LogP contribution in [0.2, 0.25) is 5.02 Å². The molecule has 0 radical (unpaired) electrons. The molecule has 3 aromatic heterocycles. The normalized spacial score (nSPS) is 15.1. The Balaban J connectivity index is 1.52. The second-order valence-corrected chi connectivity index (χ2v) is 9.65. The van der Waals surface area contributed by atoms with Gasteiger partial charge in [0.15, 0.2) is 11.2 Å². The van der Waals surface area contributed by atoms with Crippen LogP contribution >= 0.6 is 11.6 Å². The number of benzene rings is 2. The predicted molar refractivity (Wildman–Crippen MR) is 144 cm³/mol. The van der Waals surface area contributed by atoms with Gasteiger partial charge < -0.3 is 9.88 Å². The number of aromatic nitrogens is 4. The van der Waals surface area contributed by atoms with E-state index in [-0.39, 0.29) is 5.43 Å². The molecule has 1 aliphatic heterocycles. The number of likely N-dealkylation sites (N-methyl/N-ethyl adjacent to an activating group) is 1. The predicted octanol–water partition coefficient (Wildman–Crippen LogP) is 4.60. The molecule has 7 nitrogen and oxygen atoms in total. The van der Waals surface area contributed by atoms with Gasteiger partial charge in [-0.3, -0.25) is 14.7 Å². The summed E-state index contributed by atoms with van der Waals surface area (Å²) in [5.74, 6) is 0. The monoisotopic (exact) mass is 496 g/mol. The van der Waals surface area contributed by atoms with Crippen LogP contribution in [0.3, 0.4) is 0 Å². The molecule has 2 aromatic carbocycles. The lowest BCUT2D eigenvalue weighted by Crippen LogP contribution is -2.44. The topological polar surface area (TPSA) is 78.0 Å². The van der Waals surface area contributed by atoms with E-state index in [1.54, 1.807) is 12.4 Å². The van der Waals surface area contributed by atoms with Crippen molar-refractivity contribution in [3.63, 3.8) is 0 Å². The Morgan fingerprint density at radius 1 is 0.917 bits per heavy atom. The first kappa shape index (κ1) is 22.8. The number of rotatable bonds is 4. The van der Waals surface area contributed by atoms with E-state index < -0.39 is 0 Å². The molecule has 8 heteroatoms. The van der Waals surface area contributed by atoms with E-state index in [9.17, 15) is 4.79 Å². The number of nitrogens with one attached hydrogen (secondary N) is 1. The zero-order chi connectivity index (χ0) is 24.6. The van der Waals surface area contributed by atoms with Gasteiger partial charge in [0.1, 0.15) is 0 Å². The number of fused-ring (bicyclic) bond motifs is 2. The second-order valence-electron chi connectivity index (χ2n) is 9.24. The third-order valence-corrected chi connectivity index (χ3v) is 7.04. The smallest absolute Gasteiger partial charge is 0.213 e. The highest BCUT2D eigenvalue weighted by molar-refractivity contribution is 6.35. The molecule has 1 fully saturated rings. The van der Waals surface area contributed by atoms with Crippen molar-refractivity contribution in [3.05, 3.63) is 87.8 Å². The zero-order valence-corrected chi connectivity index (χ0v) is 20.7. The zero-order valence-electron chi connectivity index (χ0n) is 19.9. The molecule has 0 saturated carbocycles. The highest BCUT2D eigenvalue weighted by Crippen LogP contribution is 2.34. The summed E-state index contributed by atoms with van der Waals surface area (Å²) >= 11 is 6.62. The summed E-state index contributed by atoms with van der Waals surface area (Å²) in [5, 5.41) is 1.43. The average molecular weight is 497 g/mol. The van der Waals surface area contributed by atoms with Crippen molar-refractivity contribution in [2.24, 2.45) is 0 Å². The summed E-state index contributed by atoms with van der Waals surface area (Å²) in [6, 6.07) is 17.6. The third-order valence-electron chi connectivity index (χ3n) is 6.75. The molecule has 1 aliphatic rings. The maximum atomic E-state index is 13.6. The average Bonchev–Trinajstić information content (AvgIpc) is 2.91. The molecule has 6 rings (SSSR count). The Kier molecular flexibility index (Phi) is 5.97. The van der Waals surface area contributed by atoms with Crippen molar-refractivity contribution in [2.75, 3.05) is 33.2 Å². The minimum Gasteiger partial charge on any atom is -0.344 e. The molecule has 0 unspecified atom stereocenters. The van der Waals surface area contributed by atoms with Gasteiger partial charge >= 0.3 is 0 Å². The Morgan fingerprint density at radius 3 is 2.50 bits per heavy atom. The fourth-order valence-electron chi connectivity index (χ4n) is 4.71. The SMILES string of the molecule is CN1CCN(Cc2c[nH]c3nc(-c4ccccc4)c(-c4cc(Cl)c5ncccc5c4)nc3c2=O)CC1. The fraction of sp³-hybridized carbons (Fsp3) is 0.214. The number of hydrogen-bond acceptors (Lipinski definition) is 6. The summed E-state index contributed by atoms with van der Waals surface area (Å²) in [6.07, 6.45) is 3.51. The number of hydrogen-bond donors (Lipinski definition) is 1. The largest absolute Gasteiger partial charge is 0.344 e. The van der Waals surface area contributed by atoms with Crippen LogP contribution in [0.5, 0.6) is 0 Å². The lowest BCUT2D eigenvalue weighted by atomic mass is 10.0. The molecular formula is C28H25ClN6O. The summed E-state index contributed by atoms with van der Waals surface area (Å²) in [6.45, 7) is 4.44. The first-order valence-corrected chi connectivity index (χ1v) is 12.4. The van der Waals surface area contributed by atoms with Crippen molar-refractivity contribution in [3.8, 4) is 22.5 Å². The van der Waals surface area contributed by atoms with Crippen LogP contribution < -0.4 is 5.43 Å². The van der Waals surface area contributed by atoms with Gasteiger partial charge in [-0.1, -0.05) is 48.0 Å². The van der Waals surface area contributed by atoms with Crippen molar-refractivity contribution < 1.29 is 0 Å². The van der Waals surface area contributed by atoms with E-state index in [1.165, 1.54) is 0 Å². The van der Waals surface area contributed by atoms with Crippen LogP contribution in [-0.2, 0) is 6.54 Å². The van der Waals surface area contributed by atoms with Crippen molar-refractivity contribution in [1.29, 1.82) is 0 Å². The summed E-state index contributed by atoms with van der Waals surface area (Å²) in [4.78, 5) is 35.6. The van der Waals surface area contributed by atoms with Crippen molar-refractivity contribution in [1.82, 2.24) is 29.7 Å². The van der Waals surface area contributed by atoms with Gasteiger partial charge in [-0.2, -0.15) is 0 Å². The summed E-state index contributed by atoms with van der Waals surface area (Å²) < 4.78 is 0. The van der Waals surface area contributed by atoms with Crippen LogP contribution in [0.1, 0.15) is 5.56 Å². The highest BCUT2D eigenvalue weighted by atomic mass is 35.5. The van der Waals surface area contributed by atoms with Crippen LogP contribution in [0, 0.1) is 0 Å². The number of piperazine rings is 1. The minimum absolute atomic E-state index is 0.0930. The second kappa shape index (κ2) is 9.43. The van der Waals surface area contributed by atoms with Gasteiger partial charge in [-0.05, 0) is 25.2 Å². The van der Waals surface area contributed by atoms with Crippen LogP contribution in [0.15, 0.2) is 71.8 Å².